The van der Waals surface area contributed by atoms with E-state index in [1.165, 1.54) is 0 Å². The number of hydrogen-bond donors (Lipinski definition) is 1. The van der Waals surface area contributed by atoms with Crippen LogP contribution in [0.25, 0.3) is 0 Å². The number of halogens is 2. The molecule has 1 aliphatic heterocycles. The lowest BCUT2D eigenvalue weighted by Gasteiger charge is -2.42. The van der Waals surface area contributed by atoms with Crippen LogP contribution in [0.2, 0.25) is 10.0 Å². The minimum absolute atomic E-state index is 0.133. The van der Waals surface area contributed by atoms with E-state index in [1.807, 2.05) is 42.3 Å². The first-order valence-electron chi connectivity index (χ1n) is 8.57. The molecule has 142 valence electrons. The lowest BCUT2D eigenvalue weighted by atomic mass is 9.96. The van der Waals surface area contributed by atoms with Gasteiger partial charge in [-0.15, -0.1) is 0 Å². The number of carbonyl (C=O) groups is 2. The summed E-state index contributed by atoms with van der Waals surface area (Å²) in [6, 6.07) is 12.7. The van der Waals surface area contributed by atoms with E-state index < -0.39 is 5.54 Å². The standard InChI is InChI=1S/C20H21Cl2N3O2/c1-20(2)19(27)23-15-9-4-5-10-16(15)25(20)17(26)12-24(3)11-13-7-6-8-14(21)18(13)22/h4-10H,11-12H2,1-3H3,(H,23,27). The van der Waals surface area contributed by atoms with Crippen molar-refractivity contribution in [2.75, 3.05) is 23.8 Å². The first-order valence-corrected chi connectivity index (χ1v) is 9.32. The van der Waals surface area contributed by atoms with Crippen LogP contribution in [0.1, 0.15) is 19.4 Å². The monoisotopic (exact) mass is 405 g/mol. The molecule has 0 bridgehead atoms. The van der Waals surface area contributed by atoms with Gasteiger partial charge < -0.3 is 5.32 Å². The summed E-state index contributed by atoms with van der Waals surface area (Å²) in [7, 11) is 1.83. The van der Waals surface area contributed by atoms with Crippen LogP contribution in [-0.4, -0.2) is 35.8 Å². The summed E-state index contributed by atoms with van der Waals surface area (Å²) in [4.78, 5) is 29.0. The van der Waals surface area contributed by atoms with Gasteiger partial charge in [0, 0.05) is 6.54 Å². The Balaban J connectivity index is 1.82. The predicted octanol–water partition coefficient (Wildman–Crippen LogP) is 4.19. The fraction of sp³-hybridized carbons (Fsp3) is 0.300. The Morgan fingerprint density at radius 1 is 1.15 bits per heavy atom. The number of anilines is 2. The predicted molar refractivity (Wildman–Crippen MR) is 109 cm³/mol. The number of likely N-dealkylation sites (N-methyl/N-ethyl adjacent to an activating group) is 1. The highest BCUT2D eigenvalue weighted by atomic mass is 35.5. The molecule has 1 aliphatic rings. The average molecular weight is 406 g/mol. The van der Waals surface area contributed by atoms with Crippen LogP contribution in [0.4, 0.5) is 11.4 Å². The average Bonchev–Trinajstić information content (AvgIpc) is 2.59. The molecule has 1 heterocycles. The highest BCUT2D eigenvalue weighted by molar-refractivity contribution is 6.42. The molecule has 2 aromatic carbocycles. The molecule has 3 rings (SSSR count). The molecule has 0 unspecified atom stereocenters. The fourth-order valence-corrected chi connectivity index (χ4v) is 3.60. The van der Waals surface area contributed by atoms with E-state index in [4.69, 9.17) is 23.2 Å². The highest BCUT2D eigenvalue weighted by Crippen LogP contribution is 2.36. The van der Waals surface area contributed by atoms with Gasteiger partial charge in [-0.3, -0.25) is 19.4 Å². The maximum absolute atomic E-state index is 13.1. The van der Waals surface area contributed by atoms with E-state index in [0.29, 0.717) is 28.0 Å². The number of amides is 2. The Hall–Kier alpha value is -2.08. The Bertz CT molecular complexity index is 899. The zero-order valence-electron chi connectivity index (χ0n) is 15.4. The van der Waals surface area contributed by atoms with Gasteiger partial charge in [0.05, 0.1) is 28.0 Å². The van der Waals surface area contributed by atoms with E-state index in [2.05, 4.69) is 5.32 Å². The summed E-state index contributed by atoms with van der Waals surface area (Å²) in [6.07, 6.45) is 0. The third kappa shape index (κ3) is 3.81. The number of hydrogen-bond acceptors (Lipinski definition) is 3. The second-order valence-corrected chi connectivity index (χ2v) is 7.93. The van der Waals surface area contributed by atoms with E-state index in [0.717, 1.165) is 5.56 Å². The molecule has 1 N–H and O–H groups in total. The molecular weight excluding hydrogens is 385 g/mol. The number of nitrogens with zero attached hydrogens (tertiary/aromatic N) is 2. The molecule has 0 radical (unpaired) electrons. The van der Waals surface area contributed by atoms with Gasteiger partial charge in [-0.1, -0.05) is 47.5 Å². The van der Waals surface area contributed by atoms with Gasteiger partial charge in [-0.25, -0.2) is 0 Å². The van der Waals surface area contributed by atoms with E-state index in [-0.39, 0.29) is 18.4 Å². The zero-order chi connectivity index (χ0) is 19.8. The minimum Gasteiger partial charge on any atom is -0.322 e. The molecule has 0 spiro atoms. The molecule has 5 nitrogen and oxygen atoms in total. The normalized spacial score (nSPS) is 15.5. The van der Waals surface area contributed by atoms with Crippen LogP contribution in [-0.2, 0) is 16.1 Å². The minimum atomic E-state index is -0.986. The fourth-order valence-electron chi connectivity index (χ4n) is 3.22. The van der Waals surface area contributed by atoms with Crippen molar-refractivity contribution >= 4 is 46.4 Å². The SMILES string of the molecule is CN(CC(=O)N1c2ccccc2NC(=O)C1(C)C)Cc1cccc(Cl)c1Cl. The molecule has 0 atom stereocenters. The van der Waals surface area contributed by atoms with E-state index in [9.17, 15) is 9.59 Å². The molecule has 2 aromatic rings. The van der Waals surface area contributed by atoms with Crippen LogP contribution in [0.3, 0.4) is 0 Å². The number of para-hydroxylation sites is 2. The summed E-state index contributed by atoms with van der Waals surface area (Å²) in [5.41, 5.74) is 1.19. The molecule has 7 heteroatoms. The summed E-state index contributed by atoms with van der Waals surface area (Å²) in [5, 5.41) is 3.83. The molecule has 0 aliphatic carbocycles. The van der Waals surface area contributed by atoms with Crippen molar-refractivity contribution in [1.82, 2.24) is 4.90 Å². The smallest absolute Gasteiger partial charge is 0.250 e. The quantitative estimate of drug-likeness (QED) is 0.829. The molecule has 0 fully saturated rings. The van der Waals surface area contributed by atoms with E-state index >= 15 is 0 Å². The summed E-state index contributed by atoms with van der Waals surface area (Å²) >= 11 is 12.3. The van der Waals surface area contributed by atoms with Gasteiger partial charge in [0.25, 0.3) is 0 Å². The number of nitrogens with one attached hydrogen (secondary N) is 1. The molecule has 27 heavy (non-hydrogen) atoms. The zero-order valence-corrected chi connectivity index (χ0v) is 16.9. The summed E-state index contributed by atoms with van der Waals surface area (Å²) in [5.74, 6) is -0.377. The Labute approximate surface area is 168 Å². The van der Waals surface area contributed by atoms with Crippen molar-refractivity contribution in [3.05, 3.63) is 58.1 Å². The topological polar surface area (TPSA) is 52.7 Å². The largest absolute Gasteiger partial charge is 0.322 e. The number of benzene rings is 2. The Morgan fingerprint density at radius 2 is 1.85 bits per heavy atom. The Morgan fingerprint density at radius 3 is 2.59 bits per heavy atom. The second kappa shape index (κ2) is 7.50. The first kappa shape index (κ1) is 19.7. The van der Waals surface area contributed by atoms with Crippen molar-refractivity contribution in [2.24, 2.45) is 0 Å². The lowest BCUT2D eigenvalue weighted by Crippen LogP contribution is -2.60. The van der Waals surface area contributed by atoms with Gasteiger partial charge in [0.2, 0.25) is 11.8 Å². The molecule has 0 saturated heterocycles. The molecule has 0 saturated carbocycles. The third-order valence-corrected chi connectivity index (χ3v) is 5.49. The molecule has 0 aromatic heterocycles. The first-order chi connectivity index (χ1) is 12.7. The maximum atomic E-state index is 13.1. The second-order valence-electron chi connectivity index (χ2n) is 7.14. The lowest BCUT2D eigenvalue weighted by molar-refractivity contribution is -0.127. The number of fused-ring (bicyclic) bond motifs is 1. The van der Waals surface area contributed by atoms with E-state index in [1.54, 1.807) is 30.9 Å². The molecular formula is C20H21Cl2N3O2. The summed E-state index contributed by atoms with van der Waals surface area (Å²) in [6.45, 7) is 4.08. The third-order valence-electron chi connectivity index (χ3n) is 4.63. The van der Waals surface area contributed by atoms with Gasteiger partial charge >= 0.3 is 0 Å². The van der Waals surface area contributed by atoms with Crippen molar-refractivity contribution in [3.8, 4) is 0 Å². The summed E-state index contributed by atoms with van der Waals surface area (Å²) < 4.78 is 0. The van der Waals surface area contributed by atoms with Gasteiger partial charge in [0.1, 0.15) is 5.54 Å². The van der Waals surface area contributed by atoms with Crippen LogP contribution in [0.5, 0.6) is 0 Å². The van der Waals surface area contributed by atoms with Crippen LogP contribution < -0.4 is 10.2 Å². The van der Waals surface area contributed by atoms with Gasteiger partial charge in [-0.05, 0) is 44.7 Å². The van der Waals surface area contributed by atoms with Crippen LogP contribution in [0.15, 0.2) is 42.5 Å². The Kier molecular flexibility index (Phi) is 5.47. The maximum Gasteiger partial charge on any atom is 0.250 e. The molecule has 2 amide bonds. The number of carbonyl (C=O) groups excluding carboxylic acids is 2. The van der Waals surface area contributed by atoms with Crippen LogP contribution in [0, 0.1) is 0 Å². The van der Waals surface area contributed by atoms with Gasteiger partial charge in [0.15, 0.2) is 0 Å². The van der Waals surface area contributed by atoms with Crippen LogP contribution >= 0.6 is 23.2 Å². The van der Waals surface area contributed by atoms with Crippen molar-refractivity contribution < 1.29 is 9.59 Å². The van der Waals surface area contributed by atoms with Crippen molar-refractivity contribution in [2.45, 2.75) is 25.9 Å². The van der Waals surface area contributed by atoms with Gasteiger partial charge in [-0.2, -0.15) is 0 Å². The number of rotatable bonds is 4. The van der Waals surface area contributed by atoms with Crippen molar-refractivity contribution in [3.63, 3.8) is 0 Å². The highest BCUT2D eigenvalue weighted by Gasteiger charge is 2.43. The van der Waals surface area contributed by atoms with Crippen molar-refractivity contribution in [1.29, 1.82) is 0 Å².